The maximum Gasteiger partial charge on any atom is 0.229 e. The molecule has 3 aromatic rings. The minimum Gasteiger partial charge on any atom is -0.340 e. The molecule has 0 amide bonds. The van der Waals surface area contributed by atoms with E-state index in [-0.39, 0.29) is 0 Å². The fourth-order valence-electron chi connectivity index (χ4n) is 1.93. The molecule has 0 fully saturated rings. The Balaban J connectivity index is 1.83. The summed E-state index contributed by atoms with van der Waals surface area (Å²) in [5.74, 6) is 1.000. The molecule has 1 heterocycles. The first-order valence-electron chi connectivity index (χ1n) is 6.68. The molecule has 7 heteroatoms. The molecule has 2 aromatic carbocycles. The second kappa shape index (κ2) is 7.04. The predicted octanol–water partition coefficient (Wildman–Crippen LogP) is 5.92. The highest BCUT2D eigenvalue weighted by atomic mass is 35.5. The Hall–Kier alpha value is -2.01. The van der Waals surface area contributed by atoms with Crippen molar-refractivity contribution >= 4 is 57.9 Å². The summed E-state index contributed by atoms with van der Waals surface area (Å²) in [4.78, 5) is 8.55. The van der Waals surface area contributed by atoms with Crippen LogP contribution in [0.4, 0.5) is 23.1 Å². The number of anilines is 4. The van der Waals surface area contributed by atoms with Crippen LogP contribution in [0.5, 0.6) is 0 Å². The molecule has 0 aliphatic heterocycles. The molecule has 0 aliphatic carbocycles. The normalized spacial score (nSPS) is 10.4. The third kappa shape index (κ3) is 4.05. The minimum atomic E-state index is 0.382. The van der Waals surface area contributed by atoms with E-state index in [9.17, 15) is 0 Å². The van der Waals surface area contributed by atoms with Crippen LogP contribution >= 0.6 is 34.8 Å². The van der Waals surface area contributed by atoms with Gasteiger partial charge in [0, 0.05) is 16.9 Å². The first-order chi connectivity index (χ1) is 11.1. The number of nitrogens with zero attached hydrogens (tertiary/aromatic N) is 2. The van der Waals surface area contributed by atoms with Gasteiger partial charge in [0.15, 0.2) is 0 Å². The highest BCUT2D eigenvalue weighted by molar-refractivity contribution is 6.39. The molecule has 0 spiro atoms. The van der Waals surface area contributed by atoms with Crippen molar-refractivity contribution < 1.29 is 0 Å². The zero-order chi connectivity index (χ0) is 16.2. The molecule has 1 aromatic heterocycles. The van der Waals surface area contributed by atoms with E-state index in [1.165, 1.54) is 0 Å². The van der Waals surface area contributed by atoms with Crippen LogP contribution in [-0.4, -0.2) is 9.97 Å². The summed E-state index contributed by atoms with van der Waals surface area (Å²) in [5.41, 5.74) is 1.40. The summed E-state index contributed by atoms with van der Waals surface area (Å²) < 4.78 is 0. The first kappa shape index (κ1) is 15.9. The number of aromatic nitrogens is 2. The third-order valence-electron chi connectivity index (χ3n) is 2.95. The van der Waals surface area contributed by atoms with Gasteiger partial charge in [-0.3, -0.25) is 0 Å². The monoisotopic (exact) mass is 364 g/mol. The number of benzene rings is 2. The van der Waals surface area contributed by atoms with E-state index in [2.05, 4.69) is 20.6 Å². The molecule has 116 valence electrons. The molecule has 0 atom stereocenters. The van der Waals surface area contributed by atoms with Gasteiger partial charge in [-0.25, -0.2) is 4.98 Å². The third-order valence-corrected chi connectivity index (χ3v) is 3.82. The second-order valence-electron chi connectivity index (χ2n) is 4.62. The quantitative estimate of drug-likeness (QED) is 0.602. The van der Waals surface area contributed by atoms with Gasteiger partial charge in [0.05, 0.1) is 15.7 Å². The Kier molecular flexibility index (Phi) is 4.86. The fraction of sp³-hybridized carbons (Fsp3) is 0. The Bertz CT molecular complexity index is 819. The maximum absolute atomic E-state index is 6.13. The van der Waals surface area contributed by atoms with E-state index in [0.29, 0.717) is 32.5 Å². The Labute approximate surface area is 148 Å². The topological polar surface area (TPSA) is 49.8 Å². The summed E-state index contributed by atoms with van der Waals surface area (Å²) in [5, 5.41) is 7.82. The van der Waals surface area contributed by atoms with Crippen LogP contribution in [0.3, 0.4) is 0 Å². The van der Waals surface area contributed by atoms with Gasteiger partial charge < -0.3 is 10.6 Å². The van der Waals surface area contributed by atoms with Crippen molar-refractivity contribution in [1.82, 2.24) is 9.97 Å². The molecule has 0 aliphatic rings. The van der Waals surface area contributed by atoms with Crippen molar-refractivity contribution in [1.29, 1.82) is 0 Å². The van der Waals surface area contributed by atoms with Crippen LogP contribution in [0.1, 0.15) is 0 Å². The summed E-state index contributed by atoms with van der Waals surface area (Å²) >= 11 is 18.2. The molecule has 0 saturated heterocycles. The lowest BCUT2D eigenvalue weighted by Gasteiger charge is -2.10. The molecule has 0 bridgehead atoms. The van der Waals surface area contributed by atoms with Gasteiger partial charge in [0.25, 0.3) is 0 Å². The van der Waals surface area contributed by atoms with Gasteiger partial charge in [-0.2, -0.15) is 4.98 Å². The van der Waals surface area contributed by atoms with Gasteiger partial charge in [0.2, 0.25) is 5.95 Å². The number of hydrogen-bond acceptors (Lipinski definition) is 4. The molecule has 2 N–H and O–H groups in total. The largest absolute Gasteiger partial charge is 0.340 e. The number of para-hydroxylation sites is 1. The molecular formula is C16H11Cl3N4. The van der Waals surface area contributed by atoms with Crippen LogP contribution in [0.25, 0.3) is 0 Å². The van der Waals surface area contributed by atoms with Crippen molar-refractivity contribution in [3.63, 3.8) is 0 Å². The summed E-state index contributed by atoms with van der Waals surface area (Å²) in [6.07, 6.45) is 1.63. The molecule has 0 unspecified atom stereocenters. The lowest BCUT2D eigenvalue weighted by molar-refractivity contribution is 1.17. The number of nitrogens with one attached hydrogen (secondary N) is 2. The van der Waals surface area contributed by atoms with Gasteiger partial charge in [-0.15, -0.1) is 0 Å². The molecule has 0 saturated carbocycles. The molecule has 0 radical (unpaired) electrons. The van der Waals surface area contributed by atoms with Crippen LogP contribution in [0, 0.1) is 0 Å². The van der Waals surface area contributed by atoms with Crippen molar-refractivity contribution in [2.24, 2.45) is 0 Å². The number of hydrogen-bond donors (Lipinski definition) is 2. The average molecular weight is 366 g/mol. The second-order valence-corrected chi connectivity index (χ2v) is 5.87. The van der Waals surface area contributed by atoms with Crippen LogP contribution in [0.15, 0.2) is 54.7 Å². The Morgan fingerprint density at radius 1 is 0.826 bits per heavy atom. The summed E-state index contributed by atoms with van der Waals surface area (Å²) in [6, 6.07) is 14.4. The van der Waals surface area contributed by atoms with Gasteiger partial charge >= 0.3 is 0 Å². The number of halogens is 3. The molecule has 23 heavy (non-hydrogen) atoms. The zero-order valence-electron chi connectivity index (χ0n) is 11.7. The summed E-state index contributed by atoms with van der Waals surface area (Å²) in [6.45, 7) is 0. The SMILES string of the molecule is Clc1cccc(Nc2ccnc(Nc3c(Cl)cccc3Cl)n2)c1. The lowest BCUT2D eigenvalue weighted by atomic mass is 10.3. The van der Waals surface area contributed by atoms with Crippen LogP contribution in [-0.2, 0) is 0 Å². The fourth-order valence-corrected chi connectivity index (χ4v) is 2.61. The minimum absolute atomic E-state index is 0.382. The van der Waals surface area contributed by atoms with E-state index in [4.69, 9.17) is 34.8 Å². The van der Waals surface area contributed by atoms with Crippen molar-refractivity contribution in [3.8, 4) is 0 Å². The lowest BCUT2D eigenvalue weighted by Crippen LogP contribution is -2.01. The van der Waals surface area contributed by atoms with Crippen molar-refractivity contribution in [2.75, 3.05) is 10.6 Å². The van der Waals surface area contributed by atoms with Crippen molar-refractivity contribution in [2.45, 2.75) is 0 Å². The van der Waals surface area contributed by atoms with Gasteiger partial charge in [-0.05, 0) is 36.4 Å². The predicted molar refractivity (Wildman–Crippen MR) is 96.5 cm³/mol. The average Bonchev–Trinajstić information content (AvgIpc) is 2.52. The number of rotatable bonds is 4. The first-order valence-corrected chi connectivity index (χ1v) is 7.82. The van der Waals surface area contributed by atoms with Crippen LogP contribution in [0.2, 0.25) is 15.1 Å². The standard InChI is InChI=1S/C16H11Cl3N4/c17-10-3-1-4-11(9-10)21-14-7-8-20-16(22-14)23-15-12(18)5-2-6-13(15)19/h1-9H,(H2,20,21,22,23). The van der Waals surface area contributed by atoms with Crippen LogP contribution < -0.4 is 10.6 Å². The highest BCUT2D eigenvalue weighted by Crippen LogP contribution is 2.31. The van der Waals surface area contributed by atoms with Gasteiger partial charge in [-0.1, -0.05) is 46.9 Å². The maximum atomic E-state index is 6.13. The van der Waals surface area contributed by atoms with Crippen molar-refractivity contribution in [3.05, 3.63) is 69.8 Å². The molecular weight excluding hydrogens is 355 g/mol. The molecule has 4 nitrogen and oxygen atoms in total. The Morgan fingerprint density at radius 3 is 2.30 bits per heavy atom. The van der Waals surface area contributed by atoms with E-state index in [1.54, 1.807) is 36.5 Å². The zero-order valence-corrected chi connectivity index (χ0v) is 14.0. The molecule has 3 rings (SSSR count). The van der Waals surface area contributed by atoms with Gasteiger partial charge in [0.1, 0.15) is 5.82 Å². The smallest absolute Gasteiger partial charge is 0.229 e. The Morgan fingerprint density at radius 2 is 1.57 bits per heavy atom. The van der Waals surface area contributed by atoms with E-state index in [0.717, 1.165) is 5.69 Å². The highest BCUT2D eigenvalue weighted by Gasteiger charge is 2.08. The van der Waals surface area contributed by atoms with E-state index < -0.39 is 0 Å². The van der Waals surface area contributed by atoms with E-state index in [1.807, 2.05) is 18.2 Å². The summed E-state index contributed by atoms with van der Waals surface area (Å²) in [7, 11) is 0. The van der Waals surface area contributed by atoms with E-state index >= 15 is 0 Å².